The minimum Gasteiger partial charge on any atom is -0.480 e. The Bertz CT molecular complexity index is 622. The average molecular weight is 286 g/mol. The number of carboxylic acids is 1. The van der Waals surface area contributed by atoms with Crippen LogP contribution >= 0.6 is 0 Å². The number of benzene rings is 1. The van der Waals surface area contributed by atoms with Crippen molar-refractivity contribution in [1.82, 2.24) is 9.78 Å². The molecule has 1 aromatic heterocycles. The van der Waals surface area contributed by atoms with E-state index in [0.29, 0.717) is 0 Å². The van der Waals surface area contributed by atoms with Crippen LogP contribution in [0.25, 0.3) is 0 Å². The van der Waals surface area contributed by atoms with Gasteiger partial charge in [0, 0.05) is 0 Å². The van der Waals surface area contributed by atoms with Gasteiger partial charge < -0.3 is 9.84 Å². The lowest BCUT2D eigenvalue weighted by Gasteiger charge is -2.12. The molecule has 0 saturated carbocycles. The minimum absolute atomic E-state index is 0.0305. The van der Waals surface area contributed by atoms with Crippen LogP contribution in [0.15, 0.2) is 36.7 Å². The molecule has 0 amide bonds. The lowest BCUT2D eigenvalue weighted by molar-refractivity contribution is -0.139. The lowest BCUT2D eigenvalue weighted by atomic mass is 10.2. The second kappa shape index (κ2) is 5.24. The van der Waals surface area contributed by atoms with Crippen LogP contribution in [0.1, 0.15) is 5.56 Å². The van der Waals surface area contributed by atoms with Crippen LogP contribution in [0.2, 0.25) is 0 Å². The van der Waals surface area contributed by atoms with Crippen molar-refractivity contribution in [2.24, 2.45) is 0 Å². The quantitative estimate of drug-likeness (QED) is 0.938. The maximum atomic E-state index is 12.7. The molecular weight excluding hydrogens is 277 g/mol. The van der Waals surface area contributed by atoms with E-state index in [2.05, 4.69) is 5.10 Å². The first-order valence-electron chi connectivity index (χ1n) is 5.44. The summed E-state index contributed by atoms with van der Waals surface area (Å²) in [5.74, 6) is -1.45. The summed E-state index contributed by atoms with van der Waals surface area (Å²) in [4.78, 5) is 10.5. The largest absolute Gasteiger partial charge is 0.480 e. The standard InChI is InChI=1S/C12H9F3N2O3/c13-12(14,15)9-3-1-2-4-10(9)20-8-5-16-17(6-8)7-11(18)19/h1-6H,7H2,(H,18,19). The molecule has 0 bridgehead atoms. The van der Waals surface area contributed by atoms with Crippen LogP contribution in [0.5, 0.6) is 11.5 Å². The highest BCUT2D eigenvalue weighted by atomic mass is 19.4. The van der Waals surface area contributed by atoms with E-state index in [9.17, 15) is 18.0 Å². The Balaban J connectivity index is 2.22. The number of carboxylic acid groups (broad SMARTS) is 1. The molecular formula is C12H9F3N2O3. The van der Waals surface area contributed by atoms with Crippen molar-refractivity contribution >= 4 is 5.97 Å². The topological polar surface area (TPSA) is 64.3 Å². The maximum Gasteiger partial charge on any atom is 0.419 e. The second-order valence-electron chi connectivity index (χ2n) is 3.86. The van der Waals surface area contributed by atoms with E-state index in [0.717, 1.165) is 16.9 Å². The summed E-state index contributed by atoms with van der Waals surface area (Å²) >= 11 is 0. The van der Waals surface area contributed by atoms with Gasteiger partial charge in [-0.25, -0.2) is 0 Å². The number of aromatic nitrogens is 2. The number of para-hydroxylation sites is 1. The normalized spacial score (nSPS) is 11.3. The number of alkyl halides is 3. The Labute approximate surface area is 111 Å². The first-order chi connectivity index (χ1) is 9.36. The van der Waals surface area contributed by atoms with Gasteiger partial charge in [0.05, 0.1) is 18.0 Å². The van der Waals surface area contributed by atoms with Gasteiger partial charge in [-0.15, -0.1) is 0 Å². The zero-order valence-electron chi connectivity index (χ0n) is 9.96. The molecule has 0 unspecified atom stereocenters. The summed E-state index contributed by atoms with van der Waals surface area (Å²) in [5.41, 5.74) is -0.911. The molecule has 106 valence electrons. The predicted molar refractivity (Wildman–Crippen MR) is 61.4 cm³/mol. The number of halogens is 3. The van der Waals surface area contributed by atoms with Crippen molar-refractivity contribution in [3.63, 3.8) is 0 Å². The summed E-state index contributed by atoms with van der Waals surface area (Å²) in [6.07, 6.45) is -2.18. The molecule has 2 rings (SSSR count). The van der Waals surface area contributed by atoms with Crippen molar-refractivity contribution < 1.29 is 27.8 Å². The van der Waals surface area contributed by atoms with Gasteiger partial charge >= 0.3 is 12.1 Å². The molecule has 0 saturated heterocycles. The molecule has 0 atom stereocenters. The molecule has 0 aliphatic carbocycles. The van der Waals surface area contributed by atoms with Crippen LogP contribution in [-0.2, 0) is 17.5 Å². The van der Waals surface area contributed by atoms with Crippen LogP contribution in [-0.4, -0.2) is 20.9 Å². The zero-order chi connectivity index (χ0) is 14.8. The van der Waals surface area contributed by atoms with E-state index < -0.39 is 24.3 Å². The summed E-state index contributed by atoms with van der Waals surface area (Å²) in [6.45, 7) is -0.399. The number of ether oxygens (including phenoxy) is 1. The summed E-state index contributed by atoms with van der Waals surface area (Å²) in [5, 5.41) is 12.2. The van der Waals surface area contributed by atoms with Crippen molar-refractivity contribution in [2.45, 2.75) is 12.7 Å². The van der Waals surface area contributed by atoms with E-state index in [-0.39, 0.29) is 11.5 Å². The Kier molecular flexibility index (Phi) is 3.64. The predicted octanol–water partition coefficient (Wildman–Crippen LogP) is 2.78. The first kappa shape index (κ1) is 13.9. The number of hydrogen-bond donors (Lipinski definition) is 1. The molecule has 1 aromatic carbocycles. The SMILES string of the molecule is O=C(O)Cn1cc(Oc2ccccc2C(F)(F)F)cn1. The molecule has 0 aliphatic heterocycles. The van der Waals surface area contributed by atoms with Crippen molar-refractivity contribution in [3.8, 4) is 11.5 Å². The van der Waals surface area contributed by atoms with Gasteiger partial charge in [-0.3, -0.25) is 9.48 Å². The lowest BCUT2D eigenvalue weighted by Crippen LogP contribution is -2.08. The van der Waals surface area contributed by atoms with Crippen LogP contribution in [0, 0.1) is 0 Å². The molecule has 1 heterocycles. The molecule has 20 heavy (non-hydrogen) atoms. The number of hydrogen-bond acceptors (Lipinski definition) is 3. The third-order valence-electron chi connectivity index (χ3n) is 2.33. The Morgan fingerprint density at radius 1 is 1.35 bits per heavy atom. The number of aliphatic carboxylic acids is 1. The number of nitrogens with zero attached hydrogens (tertiary/aromatic N) is 2. The maximum absolute atomic E-state index is 12.7. The third-order valence-corrected chi connectivity index (χ3v) is 2.33. The van der Waals surface area contributed by atoms with Gasteiger partial charge in [0.15, 0.2) is 5.75 Å². The Hall–Kier alpha value is -2.51. The monoisotopic (exact) mass is 286 g/mol. The molecule has 0 aliphatic rings. The molecule has 0 radical (unpaired) electrons. The van der Waals surface area contributed by atoms with Gasteiger partial charge in [0.25, 0.3) is 0 Å². The molecule has 0 fully saturated rings. The van der Waals surface area contributed by atoms with Crippen molar-refractivity contribution in [2.75, 3.05) is 0 Å². The van der Waals surface area contributed by atoms with Gasteiger partial charge in [0.1, 0.15) is 12.3 Å². The van der Waals surface area contributed by atoms with Crippen molar-refractivity contribution in [3.05, 3.63) is 42.2 Å². The summed E-state index contributed by atoms with van der Waals surface area (Å²) in [7, 11) is 0. The molecule has 8 heteroatoms. The molecule has 0 spiro atoms. The van der Waals surface area contributed by atoms with E-state index in [1.807, 2.05) is 0 Å². The van der Waals surface area contributed by atoms with E-state index in [1.54, 1.807) is 0 Å². The highest BCUT2D eigenvalue weighted by Crippen LogP contribution is 2.37. The van der Waals surface area contributed by atoms with E-state index in [4.69, 9.17) is 9.84 Å². The zero-order valence-corrected chi connectivity index (χ0v) is 9.96. The van der Waals surface area contributed by atoms with Gasteiger partial charge in [-0.1, -0.05) is 12.1 Å². The van der Waals surface area contributed by atoms with Crippen LogP contribution < -0.4 is 4.74 Å². The third kappa shape index (κ3) is 3.28. The van der Waals surface area contributed by atoms with E-state index in [1.165, 1.54) is 24.4 Å². The molecule has 2 aromatic rings. The smallest absolute Gasteiger partial charge is 0.419 e. The second-order valence-corrected chi connectivity index (χ2v) is 3.86. The van der Waals surface area contributed by atoms with Crippen LogP contribution in [0.4, 0.5) is 13.2 Å². The highest BCUT2D eigenvalue weighted by Gasteiger charge is 2.34. The Morgan fingerprint density at radius 3 is 2.70 bits per heavy atom. The highest BCUT2D eigenvalue weighted by molar-refractivity contribution is 5.66. The number of rotatable bonds is 4. The van der Waals surface area contributed by atoms with Gasteiger partial charge in [0.2, 0.25) is 0 Å². The average Bonchev–Trinajstić information content (AvgIpc) is 2.75. The van der Waals surface area contributed by atoms with E-state index >= 15 is 0 Å². The fraction of sp³-hybridized carbons (Fsp3) is 0.167. The van der Waals surface area contributed by atoms with Crippen LogP contribution in [0.3, 0.4) is 0 Å². The summed E-state index contributed by atoms with van der Waals surface area (Å²) in [6, 6.07) is 4.74. The molecule has 5 nitrogen and oxygen atoms in total. The first-order valence-corrected chi connectivity index (χ1v) is 5.44. The molecule has 1 N–H and O–H groups in total. The minimum atomic E-state index is -4.53. The van der Waals surface area contributed by atoms with Gasteiger partial charge in [-0.2, -0.15) is 18.3 Å². The van der Waals surface area contributed by atoms with Crippen molar-refractivity contribution in [1.29, 1.82) is 0 Å². The fourth-order valence-corrected chi connectivity index (χ4v) is 1.54. The Morgan fingerprint density at radius 2 is 2.05 bits per heavy atom. The van der Waals surface area contributed by atoms with Gasteiger partial charge in [-0.05, 0) is 12.1 Å². The number of carbonyl (C=O) groups is 1. The summed E-state index contributed by atoms with van der Waals surface area (Å²) < 4.78 is 44.4. The fourth-order valence-electron chi connectivity index (χ4n) is 1.54.